The molecule has 0 aliphatic carbocycles. The lowest BCUT2D eigenvalue weighted by atomic mass is 10.0. The highest BCUT2D eigenvalue weighted by molar-refractivity contribution is 5.72. The van der Waals surface area contributed by atoms with E-state index >= 15 is 0 Å². The number of likely N-dealkylation sites (tertiary alicyclic amines) is 2. The summed E-state index contributed by atoms with van der Waals surface area (Å²) in [4.78, 5) is 8.98. The van der Waals surface area contributed by atoms with Crippen LogP contribution in [0.1, 0.15) is 18.7 Å². The molecule has 2 saturated heterocycles. The number of fused-ring (bicyclic) bond motifs is 1. The van der Waals surface area contributed by atoms with E-state index in [-0.39, 0.29) is 12.7 Å². The molecule has 2 unspecified atom stereocenters. The van der Waals surface area contributed by atoms with Gasteiger partial charge in [-0.15, -0.1) is 0 Å². The lowest BCUT2D eigenvalue weighted by Crippen LogP contribution is -2.43. The van der Waals surface area contributed by atoms with Gasteiger partial charge in [0.2, 0.25) is 5.89 Å². The molecule has 2 aliphatic heterocycles. The van der Waals surface area contributed by atoms with Crippen LogP contribution in [-0.4, -0.2) is 66.3 Å². The standard InChI is InChI=1S/C18H24FN3O2/c1-21-8-6-13(7-9-21)22-10-14(19)17(11-22)23-12-18-20-15-4-2-3-5-16(15)24-18/h2-5,13-14,17H,6-12H2,1H3. The van der Waals surface area contributed by atoms with Gasteiger partial charge in [0.25, 0.3) is 0 Å². The monoisotopic (exact) mass is 333 g/mol. The Morgan fingerprint density at radius 1 is 1.25 bits per heavy atom. The van der Waals surface area contributed by atoms with Crippen LogP contribution in [0.15, 0.2) is 28.7 Å². The molecule has 0 amide bonds. The molecule has 130 valence electrons. The summed E-state index contributed by atoms with van der Waals surface area (Å²) in [6.07, 6.45) is 0.899. The molecule has 0 spiro atoms. The zero-order chi connectivity index (χ0) is 16.5. The number of nitrogens with zero attached hydrogens (tertiary/aromatic N) is 3. The van der Waals surface area contributed by atoms with Crippen molar-refractivity contribution < 1.29 is 13.5 Å². The fourth-order valence-electron chi connectivity index (χ4n) is 3.74. The van der Waals surface area contributed by atoms with Gasteiger partial charge >= 0.3 is 0 Å². The quantitative estimate of drug-likeness (QED) is 0.860. The van der Waals surface area contributed by atoms with Crippen molar-refractivity contribution in [1.29, 1.82) is 0 Å². The molecule has 0 radical (unpaired) electrons. The Bertz CT molecular complexity index is 651. The SMILES string of the molecule is CN1CCC(N2CC(F)C(OCc3nc4ccccc4o3)C2)CC1. The van der Waals surface area contributed by atoms with Crippen LogP contribution >= 0.6 is 0 Å². The van der Waals surface area contributed by atoms with Gasteiger partial charge < -0.3 is 14.1 Å². The molecule has 0 N–H and O–H groups in total. The van der Waals surface area contributed by atoms with Crippen molar-refractivity contribution >= 4 is 11.1 Å². The van der Waals surface area contributed by atoms with Crippen LogP contribution in [-0.2, 0) is 11.3 Å². The van der Waals surface area contributed by atoms with E-state index in [0.29, 0.717) is 25.0 Å². The molecule has 5 nitrogen and oxygen atoms in total. The average molecular weight is 333 g/mol. The zero-order valence-electron chi connectivity index (χ0n) is 14.0. The number of aromatic nitrogens is 1. The summed E-state index contributed by atoms with van der Waals surface area (Å²) in [5.74, 6) is 0.515. The van der Waals surface area contributed by atoms with Crippen molar-refractivity contribution in [2.24, 2.45) is 0 Å². The van der Waals surface area contributed by atoms with Gasteiger partial charge in [-0.25, -0.2) is 9.37 Å². The molecule has 2 aliphatic rings. The molecule has 1 aromatic carbocycles. The van der Waals surface area contributed by atoms with Gasteiger partial charge in [-0.1, -0.05) is 12.1 Å². The number of para-hydroxylation sites is 2. The van der Waals surface area contributed by atoms with Crippen LogP contribution in [0.3, 0.4) is 0 Å². The second-order valence-electron chi connectivity index (χ2n) is 6.93. The summed E-state index contributed by atoms with van der Waals surface area (Å²) in [5, 5.41) is 0. The smallest absolute Gasteiger partial charge is 0.221 e. The second-order valence-corrected chi connectivity index (χ2v) is 6.93. The first kappa shape index (κ1) is 16.0. The number of alkyl halides is 1. The molecule has 6 heteroatoms. The summed E-state index contributed by atoms with van der Waals surface area (Å²) in [6, 6.07) is 8.09. The molecule has 4 rings (SSSR count). The number of hydrogen-bond donors (Lipinski definition) is 0. The fourth-order valence-corrected chi connectivity index (χ4v) is 3.74. The molecular formula is C18H24FN3O2. The molecule has 24 heavy (non-hydrogen) atoms. The van der Waals surface area contributed by atoms with Crippen molar-refractivity contribution in [1.82, 2.24) is 14.8 Å². The van der Waals surface area contributed by atoms with E-state index in [1.807, 2.05) is 24.3 Å². The third kappa shape index (κ3) is 3.31. The normalized spacial score (nSPS) is 27.2. The maximum atomic E-state index is 14.3. The molecule has 2 fully saturated rings. The van der Waals surface area contributed by atoms with Crippen molar-refractivity contribution in [2.75, 3.05) is 33.2 Å². The lowest BCUT2D eigenvalue weighted by Gasteiger charge is -2.34. The minimum absolute atomic E-state index is 0.223. The van der Waals surface area contributed by atoms with E-state index in [0.717, 1.165) is 37.0 Å². The van der Waals surface area contributed by atoms with E-state index in [1.54, 1.807) is 0 Å². The summed E-state index contributed by atoms with van der Waals surface area (Å²) in [6.45, 7) is 3.54. The van der Waals surface area contributed by atoms with Gasteiger partial charge in [-0.2, -0.15) is 0 Å². The predicted molar refractivity (Wildman–Crippen MR) is 89.6 cm³/mol. The minimum Gasteiger partial charge on any atom is -0.438 e. The van der Waals surface area contributed by atoms with E-state index in [9.17, 15) is 4.39 Å². The van der Waals surface area contributed by atoms with Gasteiger partial charge in [0.05, 0.1) is 0 Å². The summed E-state index contributed by atoms with van der Waals surface area (Å²) in [5.41, 5.74) is 1.56. The van der Waals surface area contributed by atoms with Gasteiger partial charge in [-0.3, -0.25) is 4.90 Å². The van der Waals surface area contributed by atoms with E-state index in [4.69, 9.17) is 9.15 Å². The topological polar surface area (TPSA) is 41.7 Å². The number of ether oxygens (including phenoxy) is 1. The van der Waals surface area contributed by atoms with Gasteiger partial charge in [0.1, 0.15) is 24.4 Å². The fraction of sp³-hybridized carbons (Fsp3) is 0.611. The number of rotatable bonds is 4. The molecule has 0 saturated carbocycles. The van der Waals surface area contributed by atoms with Crippen molar-refractivity contribution in [3.63, 3.8) is 0 Å². The van der Waals surface area contributed by atoms with Gasteiger partial charge in [0.15, 0.2) is 5.58 Å². The van der Waals surface area contributed by atoms with Crippen molar-refractivity contribution in [3.8, 4) is 0 Å². The third-order valence-corrected chi connectivity index (χ3v) is 5.19. The number of benzene rings is 1. The highest BCUT2D eigenvalue weighted by atomic mass is 19.1. The van der Waals surface area contributed by atoms with E-state index in [2.05, 4.69) is 21.8 Å². The Kier molecular flexibility index (Phi) is 4.52. The Labute approximate surface area is 141 Å². The Balaban J connectivity index is 1.33. The first-order valence-corrected chi connectivity index (χ1v) is 8.72. The van der Waals surface area contributed by atoms with Crippen LogP contribution in [0, 0.1) is 0 Å². The zero-order valence-corrected chi connectivity index (χ0v) is 14.0. The Hall–Kier alpha value is -1.50. The largest absolute Gasteiger partial charge is 0.438 e. The van der Waals surface area contributed by atoms with Crippen LogP contribution in [0.5, 0.6) is 0 Å². The molecule has 0 bridgehead atoms. The number of piperidine rings is 1. The predicted octanol–water partition coefficient (Wildman–Crippen LogP) is 2.46. The Morgan fingerprint density at radius 2 is 2.04 bits per heavy atom. The summed E-state index contributed by atoms with van der Waals surface area (Å²) in [7, 11) is 2.14. The van der Waals surface area contributed by atoms with Crippen molar-refractivity contribution in [2.45, 2.75) is 37.8 Å². The maximum absolute atomic E-state index is 14.3. The van der Waals surface area contributed by atoms with Gasteiger partial charge in [-0.05, 0) is 45.1 Å². The van der Waals surface area contributed by atoms with E-state index < -0.39 is 6.17 Å². The molecule has 2 atom stereocenters. The third-order valence-electron chi connectivity index (χ3n) is 5.19. The first-order chi connectivity index (χ1) is 11.7. The minimum atomic E-state index is -0.936. The highest BCUT2D eigenvalue weighted by Gasteiger charge is 2.37. The second kappa shape index (κ2) is 6.78. The highest BCUT2D eigenvalue weighted by Crippen LogP contribution is 2.25. The summed E-state index contributed by atoms with van der Waals surface area (Å²) < 4.78 is 25.8. The first-order valence-electron chi connectivity index (χ1n) is 8.72. The average Bonchev–Trinajstić information content (AvgIpc) is 3.16. The lowest BCUT2D eigenvalue weighted by molar-refractivity contribution is 0.000725. The van der Waals surface area contributed by atoms with E-state index in [1.165, 1.54) is 0 Å². The number of halogens is 1. The molecular weight excluding hydrogens is 309 g/mol. The Morgan fingerprint density at radius 3 is 2.83 bits per heavy atom. The molecule has 1 aromatic heterocycles. The van der Waals surface area contributed by atoms with Gasteiger partial charge in [0, 0.05) is 19.1 Å². The van der Waals surface area contributed by atoms with Crippen LogP contribution < -0.4 is 0 Å². The van der Waals surface area contributed by atoms with Crippen molar-refractivity contribution in [3.05, 3.63) is 30.2 Å². The molecule has 2 aromatic rings. The van der Waals surface area contributed by atoms with Crippen LogP contribution in [0.2, 0.25) is 0 Å². The van der Waals surface area contributed by atoms with Crippen LogP contribution in [0.4, 0.5) is 4.39 Å². The maximum Gasteiger partial charge on any atom is 0.221 e. The van der Waals surface area contributed by atoms with Crippen LogP contribution in [0.25, 0.3) is 11.1 Å². The number of hydrogen-bond acceptors (Lipinski definition) is 5. The number of oxazole rings is 1. The summed E-state index contributed by atoms with van der Waals surface area (Å²) >= 11 is 0. The molecule has 3 heterocycles.